The first-order chi connectivity index (χ1) is 12.2. The molecule has 1 unspecified atom stereocenters. The molecule has 0 spiro atoms. The molecule has 0 fully saturated rings. The molecule has 0 radical (unpaired) electrons. The lowest BCUT2D eigenvalue weighted by Gasteiger charge is -2.14. The van der Waals surface area contributed by atoms with Gasteiger partial charge in [0, 0.05) is 32.0 Å². The van der Waals surface area contributed by atoms with Gasteiger partial charge in [-0.15, -0.1) is 0 Å². The molecule has 0 aliphatic heterocycles. The number of nitrogens with one attached hydrogen (secondary N) is 2. The molecule has 1 aromatic heterocycles. The third-order valence-corrected chi connectivity index (χ3v) is 4.05. The van der Waals surface area contributed by atoms with Crippen LogP contribution in [-0.2, 0) is 6.54 Å². The van der Waals surface area contributed by atoms with Gasteiger partial charge in [0.2, 0.25) is 0 Å². The minimum absolute atomic E-state index is 0.172. The summed E-state index contributed by atoms with van der Waals surface area (Å²) in [5, 5.41) is 18.0. The highest BCUT2D eigenvalue weighted by Crippen LogP contribution is 2.19. The van der Waals surface area contributed by atoms with E-state index in [4.69, 9.17) is 0 Å². The SMILES string of the molecule is O=C(NCCCn1ccnc1)NCC(O)c1ccc2ccccc2c1. The van der Waals surface area contributed by atoms with E-state index in [-0.39, 0.29) is 12.6 Å². The zero-order chi connectivity index (χ0) is 17.5. The van der Waals surface area contributed by atoms with E-state index in [1.165, 1.54) is 0 Å². The molecule has 0 saturated carbocycles. The number of carbonyl (C=O) groups is 1. The van der Waals surface area contributed by atoms with Crippen molar-refractivity contribution in [1.82, 2.24) is 20.2 Å². The maximum atomic E-state index is 11.8. The lowest BCUT2D eigenvalue weighted by atomic mass is 10.0. The molecule has 1 heterocycles. The fourth-order valence-electron chi connectivity index (χ4n) is 2.67. The first kappa shape index (κ1) is 17.0. The smallest absolute Gasteiger partial charge is 0.314 e. The number of amides is 2. The van der Waals surface area contributed by atoms with Crippen LogP contribution in [0, 0.1) is 0 Å². The van der Waals surface area contributed by atoms with Crippen molar-refractivity contribution in [2.24, 2.45) is 0 Å². The fourth-order valence-corrected chi connectivity index (χ4v) is 2.67. The van der Waals surface area contributed by atoms with Gasteiger partial charge in [-0.2, -0.15) is 0 Å². The molecule has 6 heteroatoms. The van der Waals surface area contributed by atoms with Gasteiger partial charge >= 0.3 is 6.03 Å². The maximum Gasteiger partial charge on any atom is 0.314 e. The highest BCUT2D eigenvalue weighted by Gasteiger charge is 2.09. The summed E-state index contributed by atoms with van der Waals surface area (Å²) in [7, 11) is 0. The Morgan fingerprint density at radius 1 is 1.16 bits per heavy atom. The zero-order valence-corrected chi connectivity index (χ0v) is 13.9. The normalized spacial score (nSPS) is 12.0. The van der Waals surface area contributed by atoms with Crippen molar-refractivity contribution < 1.29 is 9.90 Å². The van der Waals surface area contributed by atoms with Gasteiger partial charge in [-0.25, -0.2) is 9.78 Å². The molecular weight excluding hydrogens is 316 g/mol. The van der Waals surface area contributed by atoms with E-state index in [9.17, 15) is 9.90 Å². The van der Waals surface area contributed by atoms with Crippen LogP contribution >= 0.6 is 0 Å². The molecule has 6 nitrogen and oxygen atoms in total. The van der Waals surface area contributed by atoms with Crippen LogP contribution in [0.2, 0.25) is 0 Å². The molecule has 0 bridgehead atoms. The Morgan fingerprint density at radius 2 is 2.00 bits per heavy atom. The van der Waals surface area contributed by atoms with Crippen LogP contribution in [0.15, 0.2) is 61.2 Å². The number of aliphatic hydroxyl groups is 1. The van der Waals surface area contributed by atoms with E-state index in [1.54, 1.807) is 12.5 Å². The van der Waals surface area contributed by atoms with Crippen LogP contribution in [0.3, 0.4) is 0 Å². The van der Waals surface area contributed by atoms with Gasteiger partial charge in [0.15, 0.2) is 0 Å². The lowest BCUT2D eigenvalue weighted by molar-refractivity contribution is 0.173. The van der Waals surface area contributed by atoms with Crippen LogP contribution in [0.1, 0.15) is 18.1 Å². The molecule has 3 N–H and O–H groups in total. The second-order valence-corrected chi connectivity index (χ2v) is 5.91. The highest BCUT2D eigenvalue weighted by atomic mass is 16.3. The van der Waals surface area contributed by atoms with Crippen LogP contribution in [0.25, 0.3) is 10.8 Å². The average molecular weight is 338 g/mol. The van der Waals surface area contributed by atoms with Gasteiger partial charge in [0.1, 0.15) is 0 Å². The third-order valence-electron chi connectivity index (χ3n) is 4.05. The van der Waals surface area contributed by atoms with E-state index in [1.807, 2.05) is 53.2 Å². The number of nitrogens with zero attached hydrogens (tertiary/aromatic N) is 2. The number of aromatic nitrogens is 2. The van der Waals surface area contributed by atoms with E-state index >= 15 is 0 Å². The Kier molecular flexibility index (Phi) is 5.64. The number of rotatable bonds is 7. The molecule has 3 aromatic rings. The molecule has 3 rings (SSSR count). The number of carbonyl (C=O) groups excluding carboxylic acids is 1. The van der Waals surface area contributed by atoms with Gasteiger partial charge in [-0.05, 0) is 28.8 Å². The van der Waals surface area contributed by atoms with Crippen LogP contribution in [-0.4, -0.2) is 33.8 Å². The summed E-state index contributed by atoms with van der Waals surface area (Å²) >= 11 is 0. The number of aryl methyl sites for hydroxylation is 1. The van der Waals surface area contributed by atoms with Gasteiger partial charge < -0.3 is 20.3 Å². The molecule has 25 heavy (non-hydrogen) atoms. The van der Waals surface area contributed by atoms with Crippen LogP contribution < -0.4 is 10.6 Å². The molecule has 2 amide bonds. The number of aliphatic hydroxyl groups excluding tert-OH is 1. The number of hydrogen-bond acceptors (Lipinski definition) is 3. The summed E-state index contributed by atoms with van der Waals surface area (Å²) in [4.78, 5) is 15.8. The van der Waals surface area contributed by atoms with Gasteiger partial charge in [-0.1, -0.05) is 36.4 Å². The number of fused-ring (bicyclic) bond motifs is 1. The fraction of sp³-hybridized carbons (Fsp3) is 0.263. The first-order valence-electron chi connectivity index (χ1n) is 8.36. The number of urea groups is 1. The Morgan fingerprint density at radius 3 is 2.80 bits per heavy atom. The van der Waals surface area contributed by atoms with Crippen molar-refractivity contribution in [1.29, 1.82) is 0 Å². The quantitative estimate of drug-likeness (QED) is 0.579. The molecule has 0 aliphatic carbocycles. The van der Waals surface area contributed by atoms with E-state index in [0.29, 0.717) is 6.54 Å². The largest absolute Gasteiger partial charge is 0.387 e. The zero-order valence-electron chi connectivity index (χ0n) is 13.9. The van der Waals surface area contributed by atoms with Gasteiger partial charge in [0.05, 0.1) is 12.4 Å². The van der Waals surface area contributed by atoms with Crippen molar-refractivity contribution >= 4 is 16.8 Å². The van der Waals surface area contributed by atoms with E-state index in [0.717, 1.165) is 29.3 Å². The maximum absolute atomic E-state index is 11.8. The van der Waals surface area contributed by atoms with Crippen molar-refractivity contribution in [2.75, 3.05) is 13.1 Å². The van der Waals surface area contributed by atoms with Gasteiger partial charge in [-0.3, -0.25) is 0 Å². The van der Waals surface area contributed by atoms with Crippen molar-refractivity contribution in [2.45, 2.75) is 19.1 Å². The highest BCUT2D eigenvalue weighted by molar-refractivity contribution is 5.83. The molecule has 2 aromatic carbocycles. The summed E-state index contributed by atoms with van der Waals surface area (Å²) < 4.78 is 1.96. The third kappa shape index (κ3) is 4.81. The van der Waals surface area contributed by atoms with E-state index < -0.39 is 6.10 Å². The predicted molar refractivity (Wildman–Crippen MR) is 97.2 cm³/mol. The Bertz CT molecular complexity index is 817. The number of benzene rings is 2. The summed E-state index contributed by atoms with van der Waals surface area (Å²) in [6.07, 6.45) is 5.45. The Balaban J connectivity index is 1.41. The monoisotopic (exact) mass is 338 g/mol. The minimum Gasteiger partial charge on any atom is -0.387 e. The molecule has 1 atom stereocenters. The number of hydrogen-bond donors (Lipinski definition) is 3. The first-order valence-corrected chi connectivity index (χ1v) is 8.36. The van der Waals surface area contributed by atoms with Gasteiger partial charge in [0.25, 0.3) is 0 Å². The summed E-state index contributed by atoms with van der Waals surface area (Å²) in [5.41, 5.74) is 0.791. The molecule has 130 valence electrons. The van der Waals surface area contributed by atoms with Crippen molar-refractivity contribution in [3.05, 3.63) is 66.7 Å². The second kappa shape index (κ2) is 8.30. The molecular formula is C19H22N4O2. The van der Waals surface area contributed by atoms with Crippen molar-refractivity contribution in [3.63, 3.8) is 0 Å². The minimum atomic E-state index is -0.735. The standard InChI is InChI=1S/C19H22N4O2/c24-18(17-7-6-15-4-1-2-5-16(15)12-17)13-22-19(25)21-8-3-10-23-11-9-20-14-23/h1-2,4-7,9,11-12,14,18,24H,3,8,10,13H2,(H2,21,22,25). The predicted octanol–water partition coefficient (Wildman–Crippen LogP) is 2.46. The summed E-state index contributed by atoms with van der Waals surface area (Å²) in [6.45, 7) is 1.54. The van der Waals surface area contributed by atoms with Crippen LogP contribution in [0.4, 0.5) is 4.79 Å². The van der Waals surface area contributed by atoms with Crippen molar-refractivity contribution in [3.8, 4) is 0 Å². The molecule has 0 saturated heterocycles. The Labute approximate surface area is 146 Å². The Hall–Kier alpha value is -2.86. The summed E-state index contributed by atoms with van der Waals surface area (Å²) in [6, 6.07) is 13.5. The second-order valence-electron chi connectivity index (χ2n) is 5.91. The lowest BCUT2D eigenvalue weighted by Crippen LogP contribution is -2.38. The van der Waals surface area contributed by atoms with Crippen LogP contribution in [0.5, 0.6) is 0 Å². The topological polar surface area (TPSA) is 79.2 Å². The molecule has 0 aliphatic rings. The van der Waals surface area contributed by atoms with E-state index in [2.05, 4.69) is 15.6 Å². The number of imidazole rings is 1. The average Bonchev–Trinajstić information content (AvgIpc) is 3.16. The summed E-state index contributed by atoms with van der Waals surface area (Å²) in [5.74, 6) is 0.